The van der Waals surface area contributed by atoms with Crippen LogP contribution in [0.25, 0.3) is 0 Å². The highest BCUT2D eigenvalue weighted by Crippen LogP contribution is 2.34. The summed E-state index contributed by atoms with van der Waals surface area (Å²) in [4.78, 5) is 20.7. The molecule has 0 saturated heterocycles. The van der Waals surface area contributed by atoms with E-state index in [2.05, 4.69) is 4.74 Å². The molecule has 0 heterocycles. The van der Waals surface area contributed by atoms with Crippen molar-refractivity contribution in [1.82, 2.24) is 0 Å². The summed E-state index contributed by atoms with van der Waals surface area (Å²) in [6, 6.07) is 3.87. The van der Waals surface area contributed by atoms with E-state index in [1.807, 2.05) is 0 Å². The number of nitriles is 1. The topological polar surface area (TPSA) is 93.2 Å². The molecule has 0 unspecified atom stereocenters. The van der Waals surface area contributed by atoms with Crippen molar-refractivity contribution in [2.24, 2.45) is 0 Å². The molecule has 82 valence electrons. The molecule has 0 aliphatic rings. The van der Waals surface area contributed by atoms with Gasteiger partial charge in [0.05, 0.1) is 4.92 Å². The summed E-state index contributed by atoms with van der Waals surface area (Å²) in [6.45, 7) is 1.08. The van der Waals surface area contributed by atoms with Gasteiger partial charge in [0.15, 0.2) is 0 Å². The number of halogens is 1. The number of hydrogen-bond acceptors (Lipinski definition) is 5. The van der Waals surface area contributed by atoms with Crippen LogP contribution in [-0.2, 0) is 4.79 Å². The van der Waals surface area contributed by atoms with E-state index in [0.29, 0.717) is 0 Å². The van der Waals surface area contributed by atoms with Crippen molar-refractivity contribution in [3.63, 3.8) is 0 Å². The minimum atomic E-state index is -0.773. The van der Waals surface area contributed by atoms with Crippen molar-refractivity contribution in [3.8, 4) is 11.8 Å². The first-order valence-electron chi connectivity index (χ1n) is 4.02. The Morgan fingerprint density at radius 3 is 2.69 bits per heavy atom. The lowest BCUT2D eigenvalue weighted by molar-refractivity contribution is -0.385. The number of rotatable bonds is 2. The fourth-order valence-electron chi connectivity index (χ4n) is 1.05. The molecule has 6 nitrogen and oxygen atoms in total. The van der Waals surface area contributed by atoms with Crippen LogP contribution in [-0.4, -0.2) is 10.9 Å². The van der Waals surface area contributed by atoms with Gasteiger partial charge >= 0.3 is 11.7 Å². The summed E-state index contributed by atoms with van der Waals surface area (Å²) >= 11 is 5.59. The number of nitrogens with zero attached hydrogens (tertiary/aromatic N) is 2. The zero-order valence-electron chi connectivity index (χ0n) is 8.06. The molecule has 0 amide bonds. The van der Waals surface area contributed by atoms with Gasteiger partial charge in [-0.25, -0.2) is 0 Å². The Bertz CT molecular complexity index is 507. The van der Waals surface area contributed by atoms with Gasteiger partial charge in [0.1, 0.15) is 11.6 Å². The van der Waals surface area contributed by atoms with E-state index in [0.717, 1.165) is 13.0 Å². The molecule has 1 rings (SSSR count). The Morgan fingerprint density at radius 2 is 2.25 bits per heavy atom. The summed E-state index contributed by atoms with van der Waals surface area (Å²) in [6.07, 6.45) is 0. The fourth-order valence-corrected chi connectivity index (χ4v) is 1.26. The van der Waals surface area contributed by atoms with E-state index in [9.17, 15) is 14.9 Å². The molecule has 0 aliphatic carbocycles. The number of ether oxygens (including phenoxy) is 1. The van der Waals surface area contributed by atoms with Crippen molar-refractivity contribution >= 4 is 23.3 Å². The van der Waals surface area contributed by atoms with Crippen molar-refractivity contribution in [2.75, 3.05) is 0 Å². The van der Waals surface area contributed by atoms with Crippen LogP contribution in [0.5, 0.6) is 5.75 Å². The Kier molecular flexibility index (Phi) is 3.43. The third kappa shape index (κ3) is 2.46. The number of carbonyl (C=O) groups excluding carboxylic acids is 1. The average molecular weight is 241 g/mol. The van der Waals surface area contributed by atoms with Gasteiger partial charge in [-0.1, -0.05) is 11.6 Å². The second-order valence-electron chi connectivity index (χ2n) is 2.76. The van der Waals surface area contributed by atoms with Crippen LogP contribution in [0.4, 0.5) is 5.69 Å². The second kappa shape index (κ2) is 4.59. The van der Waals surface area contributed by atoms with Gasteiger partial charge < -0.3 is 4.74 Å². The third-order valence-corrected chi connectivity index (χ3v) is 1.82. The lowest BCUT2D eigenvalue weighted by Gasteiger charge is -2.04. The number of hydrogen-bond donors (Lipinski definition) is 0. The van der Waals surface area contributed by atoms with E-state index in [1.54, 1.807) is 6.07 Å². The van der Waals surface area contributed by atoms with Crippen LogP contribution < -0.4 is 4.74 Å². The summed E-state index contributed by atoms with van der Waals surface area (Å²) < 4.78 is 4.62. The highest BCUT2D eigenvalue weighted by Gasteiger charge is 2.22. The van der Waals surface area contributed by atoms with Gasteiger partial charge in [-0.3, -0.25) is 14.9 Å². The van der Waals surface area contributed by atoms with E-state index in [4.69, 9.17) is 16.9 Å². The number of carbonyl (C=O) groups is 1. The van der Waals surface area contributed by atoms with Crippen molar-refractivity contribution < 1.29 is 14.5 Å². The molecule has 0 atom stereocenters. The normalized spacial score (nSPS) is 9.31. The molecule has 0 bridgehead atoms. The Morgan fingerprint density at radius 1 is 1.62 bits per heavy atom. The lowest BCUT2D eigenvalue weighted by Crippen LogP contribution is -2.06. The summed E-state index contributed by atoms with van der Waals surface area (Å²) in [5, 5.41) is 19.4. The SMILES string of the molecule is CC(=O)Oc1c(C#N)cc(Cl)cc1[N+](=O)[O-]. The maximum Gasteiger partial charge on any atom is 0.314 e. The molecule has 16 heavy (non-hydrogen) atoms. The van der Waals surface area contributed by atoms with Crippen LogP contribution >= 0.6 is 11.6 Å². The average Bonchev–Trinajstić information content (AvgIpc) is 2.19. The van der Waals surface area contributed by atoms with Crippen LogP contribution in [0.2, 0.25) is 5.02 Å². The molecule has 0 saturated carbocycles. The van der Waals surface area contributed by atoms with E-state index in [-0.39, 0.29) is 16.3 Å². The standard InChI is InChI=1S/C9H5ClN2O4/c1-5(13)16-9-6(4-11)2-7(10)3-8(9)12(14)15/h2-3H,1H3. The zero-order valence-corrected chi connectivity index (χ0v) is 8.82. The smallest absolute Gasteiger partial charge is 0.314 e. The molecule has 7 heteroatoms. The Labute approximate surface area is 95.2 Å². The predicted octanol–water partition coefficient (Wildman–Crippen LogP) is 2.05. The molecule has 0 spiro atoms. The minimum absolute atomic E-state index is 0.0270. The molecular formula is C9H5ClN2O4. The van der Waals surface area contributed by atoms with Gasteiger partial charge in [-0.2, -0.15) is 5.26 Å². The Hall–Kier alpha value is -2.13. The first-order valence-corrected chi connectivity index (χ1v) is 4.40. The van der Waals surface area contributed by atoms with Gasteiger partial charge in [0, 0.05) is 18.0 Å². The third-order valence-electron chi connectivity index (χ3n) is 1.60. The van der Waals surface area contributed by atoms with Crippen molar-refractivity contribution in [3.05, 3.63) is 32.8 Å². The van der Waals surface area contributed by atoms with Crippen LogP contribution in [0, 0.1) is 21.4 Å². The fraction of sp³-hybridized carbons (Fsp3) is 0.111. The Balaban J connectivity index is 3.46. The minimum Gasteiger partial charge on any atom is -0.418 e. The van der Waals surface area contributed by atoms with Crippen LogP contribution in [0.3, 0.4) is 0 Å². The maximum absolute atomic E-state index is 10.8. The van der Waals surface area contributed by atoms with Crippen LogP contribution in [0.15, 0.2) is 12.1 Å². The zero-order chi connectivity index (χ0) is 12.3. The first-order chi connectivity index (χ1) is 7.45. The molecule has 0 fully saturated rings. The van der Waals surface area contributed by atoms with Crippen molar-refractivity contribution in [2.45, 2.75) is 6.92 Å². The number of benzene rings is 1. The second-order valence-corrected chi connectivity index (χ2v) is 3.20. The van der Waals surface area contributed by atoms with Crippen molar-refractivity contribution in [1.29, 1.82) is 5.26 Å². The van der Waals surface area contributed by atoms with E-state index in [1.165, 1.54) is 6.07 Å². The van der Waals surface area contributed by atoms with E-state index < -0.39 is 16.6 Å². The number of nitro groups is 1. The van der Waals surface area contributed by atoms with Gasteiger partial charge in [0.2, 0.25) is 5.75 Å². The van der Waals surface area contributed by atoms with Gasteiger partial charge in [-0.15, -0.1) is 0 Å². The quantitative estimate of drug-likeness (QED) is 0.341. The molecule has 0 aliphatic heterocycles. The first kappa shape index (κ1) is 11.9. The highest BCUT2D eigenvalue weighted by molar-refractivity contribution is 6.31. The number of esters is 1. The predicted molar refractivity (Wildman–Crippen MR) is 54.1 cm³/mol. The van der Waals surface area contributed by atoms with Gasteiger partial charge in [-0.05, 0) is 6.07 Å². The summed E-state index contributed by atoms with van der Waals surface area (Å²) in [7, 11) is 0. The molecule has 1 aromatic rings. The van der Waals surface area contributed by atoms with E-state index >= 15 is 0 Å². The molecule has 0 radical (unpaired) electrons. The molecule has 1 aromatic carbocycles. The lowest BCUT2D eigenvalue weighted by atomic mass is 10.2. The largest absolute Gasteiger partial charge is 0.418 e. The highest BCUT2D eigenvalue weighted by atomic mass is 35.5. The molecular weight excluding hydrogens is 236 g/mol. The maximum atomic E-state index is 10.8. The number of nitro benzene ring substituents is 1. The van der Waals surface area contributed by atoms with Gasteiger partial charge in [0.25, 0.3) is 0 Å². The summed E-state index contributed by atoms with van der Waals surface area (Å²) in [5.41, 5.74) is -0.673. The van der Waals surface area contributed by atoms with Crippen LogP contribution in [0.1, 0.15) is 12.5 Å². The molecule has 0 N–H and O–H groups in total. The monoisotopic (exact) mass is 240 g/mol. The molecule has 0 aromatic heterocycles. The summed E-state index contributed by atoms with van der Waals surface area (Å²) in [5.74, 6) is -1.13.